The normalized spacial score (nSPS) is 12.5. The molecule has 0 amide bonds. The van der Waals surface area contributed by atoms with Gasteiger partial charge in [-0.25, -0.2) is 0 Å². The smallest absolute Gasteiger partial charge is 0.110 e. The molecule has 0 saturated heterocycles. The van der Waals surface area contributed by atoms with Crippen molar-refractivity contribution >= 4 is 5.97 Å². The van der Waals surface area contributed by atoms with Gasteiger partial charge in [0.15, 0.2) is 0 Å². The second-order valence-corrected chi connectivity index (χ2v) is 4.77. The van der Waals surface area contributed by atoms with E-state index < -0.39 is 5.97 Å². The number of rotatable bonds is 5. The molecule has 17 heavy (non-hydrogen) atoms. The molecule has 0 bridgehead atoms. The number of carboxylic acids is 1. The molecule has 3 heteroatoms. The van der Waals surface area contributed by atoms with Gasteiger partial charge >= 0.3 is 0 Å². The maximum absolute atomic E-state index is 10.4. The molecule has 0 unspecified atom stereocenters. The quantitative estimate of drug-likeness (QED) is 0.820. The van der Waals surface area contributed by atoms with E-state index in [-0.39, 0.29) is 12.5 Å². The Balaban J connectivity index is 2.75. The van der Waals surface area contributed by atoms with Gasteiger partial charge in [0.2, 0.25) is 0 Å². The van der Waals surface area contributed by atoms with Crippen molar-refractivity contribution in [1.82, 2.24) is 0 Å². The van der Waals surface area contributed by atoms with Gasteiger partial charge in [-0.1, -0.05) is 17.7 Å². The minimum atomic E-state index is -0.977. The molecule has 1 aromatic rings. The second kappa shape index (κ2) is 5.82. The van der Waals surface area contributed by atoms with Crippen molar-refractivity contribution in [1.29, 1.82) is 0 Å². The third-order valence-electron chi connectivity index (χ3n) is 3.08. The SMILES string of the molecule is Cc1cc(C)c([C@@H]([NH3+])CCCC(=O)[O-])c(C)c1. The van der Waals surface area contributed by atoms with Crippen LogP contribution in [0.3, 0.4) is 0 Å². The molecule has 94 valence electrons. The zero-order chi connectivity index (χ0) is 13.0. The molecular weight excluding hydrogens is 214 g/mol. The maximum atomic E-state index is 10.4. The van der Waals surface area contributed by atoms with Gasteiger partial charge in [0.1, 0.15) is 6.04 Å². The number of carbonyl (C=O) groups excluding carboxylic acids is 1. The Hall–Kier alpha value is -1.35. The third kappa shape index (κ3) is 3.86. The number of carbonyl (C=O) groups is 1. The molecule has 3 N–H and O–H groups in total. The molecule has 1 rings (SSSR count). The Morgan fingerprint density at radius 3 is 2.29 bits per heavy atom. The zero-order valence-electron chi connectivity index (χ0n) is 10.9. The molecular formula is C14H21NO2. The van der Waals surface area contributed by atoms with Crippen molar-refractivity contribution in [3.63, 3.8) is 0 Å². The molecule has 0 radical (unpaired) electrons. The Morgan fingerprint density at radius 1 is 1.29 bits per heavy atom. The summed E-state index contributed by atoms with van der Waals surface area (Å²) < 4.78 is 0. The fourth-order valence-electron chi connectivity index (χ4n) is 2.47. The van der Waals surface area contributed by atoms with Crippen LogP contribution in [-0.4, -0.2) is 5.97 Å². The standard InChI is InChI=1S/C14H21NO2/c1-9-7-10(2)14(11(3)8-9)12(15)5-4-6-13(16)17/h7-8,12H,4-6,15H2,1-3H3,(H,16,17)/t12-/m0/s1. The monoisotopic (exact) mass is 235 g/mol. The maximum Gasteiger partial charge on any atom is 0.110 e. The first-order valence-corrected chi connectivity index (χ1v) is 6.02. The number of aryl methyl sites for hydroxylation is 3. The van der Waals surface area contributed by atoms with E-state index in [2.05, 4.69) is 38.6 Å². The van der Waals surface area contributed by atoms with Gasteiger partial charge in [-0.2, -0.15) is 0 Å². The highest BCUT2D eigenvalue weighted by atomic mass is 16.4. The average Bonchev–Trinajstić information content (AvgIpc) is 2.14. The van der Waals surface area contributed by atoms with Crippen LogP contribution in [0.15, 0.2) is 12.1 Å². The fraction of sp³-hybridized carbons (Fsp3) is 0.500. The van der Waals surface area contributed by atoms with Crippen molar-refractivity contribution in [2.75, 3.05) is 0 Å². The van der Waals surface area contributed by atoms with Crippen molar-refractivity contribution in [3.05, 3.63) is 34.4 Å². The highest BCUT2D eigenvalue weighted by Gasteiger charge is 2.15. The Morgan fingerprint density at radius 2 is 1.82 bits per heavy atom. The van der Waals surface area contributed by atoms with Crippen LogP contribution in [0.1, 0.15) is 47.6 Å². The lowest BCUT2D eigenvalue weighted by Crippen LogP contribution is -2.54. The van der Waals surface area contributed by atoms with Crippen LogP contribution in [0, 0.1) is 20.8 Å². The summed E-state index contributed by atoms with van der Waals surface area (Å²) in [5.41, 5.74) is 9.15. The predicted octanol–water partition coefficient (Wildman–Crippen LogP) is 0.815. The van der Waals surface area contributed by atoms with E-state index in [9.17, 15) is 9.90 Å². The molecule has 0 heterocycles. The molecule has 0 aliphatic heterocycles. The Bertz CT molecular complexity index is 390. The fourth-order valence-corrected chi connectivity index (χ4v) is 2.47. The van der Waals surface area contributed by atoms with E-state index in [0.29, 0.717) is 6.42 Å². The van der Waals surface area contributed by atoms with E-state index in [0.717, 1.165) is 6.42 Å². The minimum absolute atomic E-state index is 0.121. The summed E-state index contributed by atoms with van der Waals surface area (Å²) in [6, 6.07) is 4.47. The highest BCUT2D eigenvalue weighted by molar-refractivity contribution is 5.64. The Labute approximate surface area is 103 Å². The molecule has 0 spiro atoms. The largest absolute Gasteiger partial charge is 0.550 e. The van der Waals surface area contributed by atoms with Gasteiger partial charge in [0, 0.05) is 18.0 Å². The molecule has 0 fully saturated rings. The highest BCUT2D eigenvalue weighted by Crippen LogP contribution is 2.24. The van der Waals surface area contributed by atoms with Gasteiger partial charge in [0.25, 0.3) is 0 Å². The van der Waals surface area contributed by atoms with Crippen molar-refractivity contribution in [2.45, 2.75) is 46.1 Å². The lowest BCUT2D eigenvalue weighted by Gasteiger charge is -2.15. The Kier molecular flexibility index (Phi) is 4.70. The van der Waals surface area contributed by atoms with Crippen LogP contribution >= 0.6 is 0 Å². The van der Waals surface area contributed by atoms with Crippen molar-refractivity contribution in [2.24, 2.45) is 0 Å². The van der Waals surface area contributed by atoms with Gasteiger partial charge in [-0.3, -0.25) is 0 Å². The van der Waals surface area contributed by atoms with Gasteiger partial charge in [0.05, 0.1) is 0 Å². The predicted molar refractivity (Wildman–Crippen MR) is 65.1 cm³/mol. The number of quaternary nitrogens is 1. The van der Waals surface area contributed by atoms with E-state index in [1.165, 1.54) is 22.3 Å². The molecule has 1 atom stereocenters. The number of hydrogen-bond acceptors (Lipinski definition) is 2. The average molecular weight is 235 g/mol. The molecule has 0 aromatic heterocycles. The molecule has 0 aliphatic carbocycles. The summed E-state index contributed by atoms with van der Waals surface area (Å²) in [4.78, 5) is 10.4. The van der Waals surface area contributed by atoms with Crippen LogP contribution in [0.25, 0.3) is 0 Å². The third-order valence-corrected chi connectivity index (χ3v) is 3.08. The van der Waals surface area contributed by atoms with E-state index >= 15 is 0 Å². The van der Waals surface area contributed by atoms with E-state index in [1.54, 1.807) is 0 Å². The number of aliphatic carboxylic acids is 1. The molecule has 1 aromatic carbocycles. The van der Waals surface area contributed by atoms with E-state index in [1.807, 2.05) is 0 Å². The topological polar surface area (TPSA) is 67.8 Å². The van der Waals surface area contributed by atoms with Crippen LogP contribution in [0.5, 0.6) is 0 Å². The minimum Gasteiger partial charge on any atom is -0.550 e. The van der Waals surface area contributed by atoms with Crippen LogP contribution in [0.4, 0.5) is 0 Å². The van der Waals surface area contributed by atoms with Crippen molar-refractivity contribution in [3.8, 4) is 0 Å². The van der Waals surface area contributed by atoms with Crippen LogP contribution in [0.2, 0.25) is 0 Å². The lowest BCUT2D eigenvalue weighted by molar-refractivity contribution is -0.428. The van der Waals surface area contributed by atoms with Gasteiger partial charge in [-0.15, -0.1) is 0 Å². The molecule has 0 saturated carbocycles. The lowest BCUT2D eigenvalue weighted by atomic mass is 9.92. The summed E-state index contributed by atoms with van der Waals surface area (Å²) in [7, 11) is 0. The van der Waals surface area contributed by atoms with Gasteiger partial charge in [-0.05, 0) is 44.7 Å². The summed E-state index contributed by atoms with van der Waals surface area (Å²) in [5, 5.41) is 10.4. The van der Waals surface area contributed by atoms with Crippen LogP contribution < -0.4 is 10.8 Å². The van der Waals surface area contributed by atoms with E-state index in [4.69, 9.17) is 0 Å². The first kappa shape index (κ1) is 13.7. The second-order valence-electron chi connectivity index (χ2n) is 4.77. The number of hydrogen-bond donors (Lipinski definition) is 1. The first-order valence-electron chi connectivity index (χ1n) is 6.02. The zero-order valence-corrected chi connectivity index (χ0v) is 10.9. The summed E-state index contributed by atoms with van der Waals surface area (Å²) in [6.07, 6.45) is 1.54. The number of carboxylic acid groups (broad SMARTS) is 1. The first-order chi connectivity index (χ1) is 7.91. The molecule has 0 aliphatic rings. The molecule has 3 nitrogen and oxygen atoms in total. The summed E-state index contributed by atoms with van der Waals surface area (Å²) in [6.45, 7) is 6.26. The van der Waals surface area contributed by atoms with Crippen molar-refractivity contribution < 1.29 is 15.6 Å². The van der Waals surface area contributed by atoms with Gasteiger partial charge < -0.3 is 15.6 Å². The number of benzene rings is 1. The summed E-state index contributed by atoms with van der Waals surface area (Å²) in [5.74, 6) is -0.977. The summed E-state index contributed by atoms with van der Waals surface area (Å²) >= 11 is 0. The van der Waals surface area contributed by atoms with Crippen LogP contribution in [-0.2, 0) is 4.79 Å².